The highest BCUT2D eigenvalue weighted by Crippen LogP contribution is 2.40. The Kier molecular flexibility index (Phi) is 7.03. The summed E-state index contributed by atoms with van der Waals surface area (Å²) >= 11 is 3.22. The predicted molar refractivity (Wildman–Crippen MR) is 99.8 cm³/mol. The van der Waals surface area contributed by atoms with Gasteiger partial charge < -0.3 is 4.74 Å². The van der Waals surface area contributed by atoms with E-state index in [1.165, 1.54) is 43.1 Å². The molecule has 1 aromatic rings. The van der Waals surface area contributed by atoms with Crippen LogP contribution in [0.2, 0.25) is 0 Å². The molecule has 0 saturated carbocycles. The van der Waals surface area contributed by atoms with Crippen molar-refractivity contribution in [1.29, 1.82) is 0 Å². The van der Waals surface area contributed by atoms with Crippen molar-refractivity contribution in [2.45, 2.75) is 28.5 Å². The maximum atomic E-state index is 12.7. The minimum absolute atomic E-state index is 0.0328. The van der Waals surface area contributed by atoms with E-state index in [-0.39, 0.29) is 4.90 Å². The fourth-order valence-electron chi connectivity index (χ4n) is 2.77. The summed E-state index contributed by atoms with van der Waals surface area (Å²) in [4.78, 5) is 12.3. The first-order chi connectivity index (χ1) is 11.9. The number of benzene rings is 1. The van der Waals surface area contributed by atoms with Gasteiger partial charge in [-0.25, -0.2) is 13.9 Å². The Labute approximate surface area is 156 Å². The van der Waals surface area contributed by atoms with Gasteiger partial charge in [-0.1, -0.05) is 0 Å². The van der Waals surface area contributed by atoms with E-state index in [4.69, 9.17) is 9.94 Å². The second-order valence-corrected chi connectivity index (χ2v) is 9.75. The van der Waals surface area contributed by atoms with Gasteiger partial charge in [0.2, 0.25) is 10.0 Å². The smallest absolute Gasteiger partial charge is 0.262 e. The minimum Gasteiger partial charge on any atom is -0.497 e. The zero-order valence-electron chi connectivity index (χ0n) is 14.0. The summed E-state index contributed by atoms with van der Waals surface area (Å²) in [6.45, 7) is 0. The van der Waals surface area contributed by atoms with Gasteiger partial charge in [-0.2, -0.15) is 28.2 Å². The third kappa shape index (κ3) is 4.62. The number of hydrogen-bond donors (Lipinski definition) is 3. The SMILES string of the molecule is COc1ccc(S(=O)(=O)NC(C(=O)NO)C2(SC)CCSCC2)cc1. The highest BCUT2D eigenvalue weighted by atomic mass is 32.2. The molecule has 1 unspecified atom stereocenters. The van der Waals surface area contributed by atoms with Gasteiger partial charge in [0, 0.05) is 4.75 Å². The highest BCUT2D eigenvalue weighted by Gasteiger charge is 2.45. The highest BCUT2D eigenvalue weighted by molar-refractivity contribution is 8.01. The van der Waals surface area contributed by atoms with Gasteiger partial charge in [0.1, 0.15) is 11.8 Å². The van der Waals surface area contributed by atoms with Crippen molar-refractivity contribution in [3.63, 3.8) is 0 Å². The molecule has 140 valence electrons. The van der Waals surface area contributed by atoms with Gasteiger partial charge in [0.15, 0.2) is 0 Å². The van der Waals surface area contributed by atoms with Gasteiger partial charge in [-0.3, -0.25) is 10.0 Å². The van der Waals surface area contributed by atoms with Gasteiger partial charge in [-0.05, 0) is 54.9 Å². The number of nitrogens with one attached hydrogen (secondary N) is 2. The van der Waals surface area contributed by atoms with Crippen LogP contribution >= 0.6 is 23.5 Å². The monoisotopic (exact) mass is 406 g/mol. The molecule has 1 saturated heterocycles. The molecular weight excluding hydrogens is 384 g/mol. The molecular formula is C15H22N2O5S3. The van der Waals surface area contributed by atoms with E-state index < -0.39 is 26.7 Å². The molecule has 0 spiro atoms. The predicted octanol–water partition coefficient (Wildman–Crippen LogP) is 1.48. The number of hydrogen-bond acceptors (Lipinski definition) is 7. The Morgan fingerprint density at radius 1 is 1.32 bits per heavy atom. The first-order valence-electron chi connectivity index (χ1n) is 7.62. The van der Waals surface area contributed by atoms with Crippen LogP contribution in [0.4, 0.5) is 0 Å². The fraction of sp³-hybridized carbons (Fsp3) is 0.533. The van der Waals surface area contributed by atoms with E-state index in [0.29, 0.717) is 18.6 Å². The molecule has 2 rings (SSSR count). The van der Waals surface area contributed by atoms with E-state index in [1.807, 2.05) is 6.26 Å². The average molecular weight is 407 g/mol. The van der Waals surface area contributed by atoms with Gasteiger partial charge in [0.25, 0.3) is 5.91 Å². The first kappa shape index (κ1) is 20.4. The quantitative estimate of drug-likeness (QED) is 0.465. The maximum Gasteiger partial charge on any atom is 0.262 e. The molecule has 0 aliphatic carbocycles. The fourth-order valence-corrected chi connectivity index (χ4v) is 6.61. The molecule has 0 bridgehead atoms. The molecule has 7 nitrogen and oxygen atoms in total. The zero-order valence-corrected chi connectivity index (χ0v) is 16.5. The molecule has 0 radical (unpaired) electrons. The number of carbonyl (C=O) groups excluding carboxylic acids is 1. The lowest BCUT2D eigenvalue weighted by Crippen LogP contribution is -2.59. The van der Waals surface area contributed by atoms with Crippen molar-refractivity contribution in [1.82, 2.24) is 10.2 Å². The van der Waals surface area contributed by atoms with Gasteiger partial charge in [0.05, 0.1) is 12.0 Å². The molecule has 1 fully saturated rings. The van der Waals surface area contributed by atoms with Crippen molar-refractivity contribution in [3.8, 4) is 5.75 Å². The lowest BCUT2D eigenvalue weighted by Gasteiger charge is -2.40. The van der Waals surface area contributed by atoms with E-state index in [9.17, 15) is 13.2 Å². The summed E-state index contributed by atoms with van der Waals surface area (Å²) in [5.41, 5.74) is 1.61. The molecule has 1 aliphatic rings. The van der Waals surface area contributed by atoms with Crippen molar-refractivity contribution in [3.05, 3.63) is 24.3 Å². The number of methoxy groups -OCH3 is 1. The topological polar surface area (TPSA) is 105 Å². The molecule has 1 heterocycles. The van der Waals surface area contributed by atoms with Crippen LogP contribution in [0.1, 0.15) is 12.8 Å². The largest absolute Gasteiger partial charge is 0.497 e. The molecule has 1 amide bonds. The summed E-state index contributed by atoms with van der Waals surface area (Å²) < 4.78 is 32.4. The van der Waals surface area contributed by atoms with Crippen molar-refractivity contribution < 1.29 is 23.2 Å². The third-order valence-corrected chi connectivity index (χ3v) is 8.17. The van der Waals surface area contributed by atoms with Crippen molar-refractivity contribution in [2.75, 3.05) is 24.9 Å². The maximum absolute atomic E-state index is 12.7. The number of sulfonamides is 1. The van der Waals surface area contributed by atoms with Crippen LogP contribution in [0.3, 0.4) is 0 Å². The molecule has 1 atom stereocenters. The van der Waals surface area contributed by atoms with Crippen LogP contribution in [0.5, 0.6) is 5.75 Å². The minimum atomic E-state index is -3.93. The van der Waals surface area contributed by atoms with Crippen molar-refractivity contribution >= 4 is 39.5 Å². The normalized spacial score (nSPS) is 18.4. The Morgan fingerprint density at radius 3 is 2.40 bits per heavy atom. The summed E-state index contributed by atoms with van der Waals surface area (Å²) in [6.07, 6.45) is 3.19. The molecule has 0 aromatic heterocycles. The summed E-state index contributed by atoms with van der Waals surface area (Å²) in [5, 5.41) is 9.12. The standard InChI is InChI=1S/C15H22N2O5S3/c1-22-11-3-5-12(6-4-11)25(20,21)17-13(14(18)16-19)15(23-2)7-9-24-10-8-15/h3-6,13,17,19H,7-10H2,1-2H3,(H,16,18). The van der Waals surface area contributed by atoms with Crippen LogP contribution < -0.4 is 14.9 Å². The number of rotatable bonds is 7. The lowest BCUT2D eigenvalue weighted by molar-refractivity contribution is -0.131. The van der Waals surface area contributed by atoms with Crippen LogP contribution in [-0.2, 0) is 14.8 Å². The van der Waals surface area contributed by atoms with E-state index in [1.54, 1.807) is 17.2 Å². The van der Waals surface area contributed by atoms with Crippen LogP contribution in [0.25, 0.3) is 0 Å². The van der Waals surface area contributed by atoms with Gasteiger partial charge >= 0.3 is 0 Å². The Hall–Kier alpha value is -0.940. The molecule has 10 heteroatoms. The molecule has 3 N–H and O–H groups in total. The second kappa shape index (κ2) is 8.63. The molecule has 1 aromatic carbocycles. The van der Waals surface area contributed by atoms with Crippen LogP contribution in [0.15, 0.2) is 29.2 Å². The summed E-state index contributed by atoms with van der Waals surface area (Å²) in [6, 6.07) is 4.84. The molecule has 1 aliphatic heterocycles. The van der Waals surface area contributed by atoms with Crippen LogP contribution in [-0.4, -0.2) is 55.2 Å². The molecule has 25 heavy (non-hydrogen) atoms. The lowest BCUT2D eigenvalue weighted by atomic mass is 9.92. The Balaban J connectivity index is 2.33. The number of amides is 1. The van der Waals surface area contributed by atoms with E-state index in [0.717, 1.165) is 11.5 Å². The number of carbonyl (C=O) groups is 1. The third-order valence-electron chi connectivity index (χ3n) is 4.29. The number of thioether (sulfide) groups is 2. The number of hydroxylamine groups is 1. The van der Waals surface area contributed by atoms with Gasteiger partial charge in [-0.15, -0.1) is 0 Å². The van der Waals surface area contributed by atoms with Crippen LogP contribution in [0, 0.1) is 0 Å². The van der Waals surface area contributed by atoms with E-state index in [2.05, 4.69) is 4.72 Å². The second-order valence-electron chi connectivity index (χ2n) is 5.59. The Bertz CT molecular complexity index is 688. The Morgan fingerprint density at radius 2 is 1.92 bits per heavy atom. The first-order valence-corrected chi connectivity index (χ1v) is 11.5. The zero-order chi connectivity index (χ0) is 18.5. The number of ether oxygens (including phenoxy) is 1. The summed E-state index contributed by atoms with van der Waals surface area (Å²) in [7, 11) is -2.44. The van der Waals surface area contributed by atoms with E-state index >= 15 is 0 Å². The summed E-state index contributed by atoms with van der Waals surface area (Å²) in [5.74, 6) is 1.45. The average Bonchev–Trinajstić information content (AvgIpc) is 2.66. The van der Waals surface area contributed by atoms with Crippen molar-refractivity contribution in [2.24, 2.45) is 0 Å².